The van der Waals surface area contributed by atoms with Crippen LogP contribution in [0.5, 0.6) is 0 Å². The van der Waals surface area contributed by atoms with Crippen LogP contribution in [0, 0.1) is 13.8 Å². The maximum atomic E-state index is 12.8. The number of benzene rings is 2. The average Bonchev–Trinajstić information content (AvgIpc) is 2.55. The zero-order valence-corrected chi connectivity index (χ0v) is 15.3. The third kappa shape index (κ3) is 3.39. The number of hydrogen-bond donors (Lipinski definition) is 1. The summed E-state index contributed by atoms with van der Waals surface area (Å²) >= 11 is 3.35. The van der Waals surface area contributed by atoms with Crippen LogP contribution in [0.15, 0.2) is 52.5 Å². The molecule has 0 aliphatic carbocycles. The summed E-state index contributed by atoms with van der Waals surface area (Å²) in [5, 5.41) is 2.22. The van der Waals surface area contributed by atoms with Crippen molar-refractivity contribution in [3.8, 4) is 0 Å². The molecule has 1 heterocycles. The number of rotatable bonds is 2. The normalized spacial score (nSPS) is 16.4. The third-order valence-corrected chi connectivity index (χ3v) is 4.50. The molecule has 0 atom stereocenters. The zero-order valence-electron chi connectivity index (χ0n) is 13.7. The molecule has 0 unspecified atom stereocenters. The largest absolute Gasteiger partial charge is 0.335 e. The van der Waals surface area contributed by atoms with E-state index in [1.54, 1.807) is 30.3 Å². The van der Waals surface area contributed by atoms with Gasteiger partial charge in [-0.3, -0.25) is 14.9 Å². The van der Waals surface area contributed by atoms with Gasteiger partial charge in [0.1, 0.15) is 5.57 Å². The van der Waals surface area contributed by atoms with Crippen molar-refractivity contribution in [3.63, 3.8) is 0 Å². The Hall–Kier alpha value is -2.73. The smallest absolute Gasteiger partial charge is 0.273 e. The lowest BCUT2D eigenvalue weighted by molar-refractivity contribution is -0.122. The topological polar surface area (TPSA) is 66.5 Å². The Kier molecular flexibility index (Phi) is 4.55. The van der Waals surface area contributed by atoms with Gasteiger partial charge in [-0.15, -0.1) is 0 Å². The van der Waals surface area contributed by atoms with Gasteiger partial charge in [0.05, 0.1) is 5.69 Å². The number of carbonyl (C=O) groups is 3. The summed E-state index contributed by atoms with van der Waals surface area (Å²) in [6.07, 6.45) is 1.48. The lowest BCUT2D eigenvalue weighted by atomic mass is 10.1. The fourth-order valence-corrected chi connectivity index (χ4v) is 2.94. The number of halogens is 1. The van der Waals surface area contributed by atoms with Crippen molar-refractivity contribution < 1.29 is 14.4 Å². The first kappa shape index (κ1) is 17.1. The number of hydrogen-bond acceptors (Lipinski definition) is 3. The van der Waals surface area contributed by atoms with Crippen molar-refractivity contribution in [3.05, 3.63) is 69.2 Å². The van der Waals surface area contributed by atoms with Gasteiger partial charge in [0.2, 0.25) is 0 Å². The average molecular weight is 399 g/mol. The molecule has 1 fully saturated rings. The monoisotopic (exact) mass is 398 g/mol. The Morgan fingerprint density at radius 3 is 2.44 bits per heavy atom. The van der Waals surface area contributed by atoms with Crippen molar-refractivity contribution in [1.29, 1.82) is 0 Å². The van der Waals surface area contributed by atoms with Gasteiger partial charge in [0, 0.05) is 4.47 Å². The Morgan fingerprint density at radius 2 is 1.76 bits per heavy atom. The Balaban J connectivity index is 2.03. The van der Waals surface area contributed by atoms with E-state index in [1.807, 2.05) is 26.0 Å². The van der Waals surface area contributed by atoms with Gasteiger partial charge in [0.25, 0.3) is 11.8 Å². The molecule has 4 amide bonds. The molecule has 3 rings (SSSR count). The highest BCUT2D eigenvalue weighted by atomic mass is 79.9. The molecule has 0 spiro atoms. The SMILES string of the molecule is Cc1ccc(N2C(=O)NC(=O)/C(=C\c3cccc(Br)c3)C2=O)cc1C. The van der Waals surface area contributed by atoms with E-state index in [0.29, 0.717) is 11.3 Å². The number of nitrogens with one attached hydrogen (secondary N) is 1. The maximum absolute atomic E-state index is 12.8. The van der Waals surface area contributed by atoms with Gasteiger partial charge >= 0.3 is 6.03 Å². The van der Waals surface area contributed by atoms with Gasteiger partial charge in [-0.1, -0.05) is 34.1 Å². The van der Waals surface area contributed by atoms with E-state index < -0.39 is 17.8 Å². The van der Waals surface area contributed by atoms with Crippen LogP contribution >= 0.6 is 15.9 Å². The molecule has 0 bridgehead atoms. The molecule has 0 aromatic heterocycles. The lowest BCUT2D eigenvalue weighted by Gasteiger charge is -2.26. The van der Waals surface area contributed by atoms with Crippen LogP contribution < -0.4 is 10.2 Å². The molecule has 0 saturated carbocycles. The molecule has 1 aliphatic rings. The summed E-state index contributed by atoms with van der Waals surface area (Å²) in [5.41, 5.74) is 3.03. The van der Waals surface area contributed by atoms with Crippen LogP contribution in [-0.2, 0) is 9.59 Å². The quantitative estimate of drug-likeness (QED) is 0.618. The fraction of sp³-hybridized carbons (Fsp3) is 0.105. The number of urea groups is 1. The molecule has 0 radical (unpaired) electrons. The van der Waals surface area contributed by atoms with Crippen molar-refractivity contribution in [2.45, 2.75) is 13.8 Å². The Bertz CT molecular complexity index is 934. The standard InChI is InChI=1S/C19H15BrN2O3/c1-11-6-7-15(8-12(11)2)22-18(24)16(17(23)21-19(22)25)10-13-4-3-5-14(20)9-13/h3-10H,1-2H3,(H,21,23,25)/b16-10+. The van der Waals surface area contributed by atoms with Gasteiger partial charge in [0.15, 0.2) is 0 Å². The summed E-state index contributed by atoms with van der Waals surface area (Å²) in [6.45, 7) is 3.84. The van der Waals surface area contributed by atoms with E-state index in [1.165, 1.54) is 6.08 Å². The molecule has 6 heteroatoms. The van der Waals surface area contributed by atoms with Crippen molar-refractivity contribution >= 4 is 45.5 Å². The third-order valence-electron chi connectivity index (χ3n) is 4.01. The molecular weight excluding hydrogens is 384 g/mol. The first-order chi connectivity index (χ1) is 11.9. The van der Waals surface area contributed by atoms with Crippen molar-refractivity contribution in [1.82, 2.24) is 5.32 Å². The highest BCUT2D eigenvalue weighted by molar-refractivity contribution is 9.10. The second-order valence-corrected chi connectivity index (χ2v) is 6.70. The number of barbiturate groups is 1. The highest BCUT2D eigenvalue weighted by Gasteiger charge is 2.36. The van der Waals surface area contributed by atoms with Crippen molar-refractivity contribution in [2.24, 2.45) is 0 Å². The van der Waals surface area contributed by atoms with Crippen LogP contribution in [0.4, 0.5) is 10.5 Å². The van der Waals surface area contributed by atoms with Crippen LogP contribution in [-0.4, -0.2) is 17.8 Å². The number of nitrogens with zero attached hydrogens (tertiary/aromatic N) is 1. The second kappa shape index (κ2) is 6.64. The maximum Gasteiger partial charge on any atom is 0.335 e. The fourth-order valence-electron chi connectivity index (χ4n) is 2.52. The molecular formula is C19H15BrN2O3. The molecule has 5 nitrogen and oxygen atoms in total. The molecule has 1 aliphatic heterocycles. The minimum absolute atomic E-state index is 0.0871. The second-order valence-electron chi connectivity index (χ2n) is 5.78. The molecule has 25 heavy (non-hydrogen) atoms. The van der Waals surface area contributed by atoms with E-state index in [4.69, 9.17) is 0 Å². The summed E-state index contributed by atoms with van der Waals surface area (Å²) < 4.78 is 0.826. The van der Waals surface area contributed by atoms with Crippen LogP contribution in [0.3, 0.4) is 0 Å². The first-order valence-corrected chi connectivity index (χ1v) is 8.40. The number of carbonyl (C=O) groups excluding carboxylic acids is 3. The van der Waals surface area contributed by atoms with Gasteiger partial charge in [-0.05, 0) is 60.9 Å². The highest BCUT2D eigenvalue weighted by Crippen LogP contribution is 2.24. The van der Waals surface area contributed by atoms with Crippen molar-refractivity contribution in [2.75, 3.05) is 4.90 Å². The van der Waals surface area contributed by atoms with Crippen LogP contribution in [0.25, 0.3) is 6.08 Å². The van der Waals surface area contributed by atoms with Crippen LogP contribution in [0.1, 0.15) is 16.7 Å². The Morgan fingerprint density at radius 1 is 1.00 bits per heavy atom. The van der Waals surface area contributed by atoms with Gasteiger partial charge in [-0.2, -0.15) is 0 Å². The molecule has 2 aromatic rings. The van der Waals surface area contributed by atoms with E-state index in [9.17, 15) is 14.4 Å². The summed E-state index contributed by atoms with van der Waals surface area (Å²) in [4.78, 5) is 38.1. The first-order valence-electron chi connectivity index (χ1n) is 7.61. The molecule has 126 valence electrons. The summed E-state index contributed by atoms with van der Waals surface area (Å²) in [5.74, 6) is -1.34. The van der Waals surface area contributed by atoms with E-state index in [-0.39, 0.29) is 5.57 Å². The minimum atomic E-state index is -0.746. The number of aryl methyl sites for hydroxylation is 2. The van der Waals surface area contributed by atoms with E-state index in [2.05, 4.69) is 21.2 Å². The number of imide groups is 2. The summed E-state index contributed by atoms with van der Waals surface area (Å²) in [7, 11) is 0. The van der Waals surface area contributed by atoms with Crippen LogP contribution in [0.2, 0.25) is 0 Å². The van der Waals surface area contributed by atoms with Gasteiger partial charge in [-0.25, -0.2) is 9.69 Å². The Labute approximate surface area is 153 Å². The molecule has 1 saturated heterocycles. The zero-order chi connectivity index (χ0) is 18.1. The lowest BCUT2D eigenvalue weighted by Crippen LogP contribution is -2.54. The predicted molar refractivity (Wildman–Crippen MR) is 99.1 cm³/mol. The van der Waals surface area contributed by atoms with E-state index >= 15 is 0 Å². The number of amides is 4. The molecule has 1 N–H and O–H groups in total. The minimum Gasteiger partial charge on any atom is -0.273 e. The predicted octanol–water partition coefficient (Wildman–Crippen LogP) is 3.73. The van der Waals surface area contributed by atoms with E-state index in [0.717, 1.165) is 20.5 Å². The summed E-state index contributed by atoms with van der Waals surface area (Å²) in [6, 6.07) is 11.7. The molecule has 2 aromatic carbocycles. The number of anilines is 1. The van der Waals surface area contributed by atoms with Gasteiger partial charge < -0.3 is 0 Å².